The second-order valence-electron chi connectivity index (χ2n) is 7.53. The number of hydrogen-bond donors (Lipinski definition) is 0. The molecule has 0 aromatic heterocycles. The Hall–Kier alpha value is -3.12. The summed E-state index contributed by atoms with van der Waals surface area (Å²) < 4.78 is 22.1. The molecule has 2 aromatic carbocycles. The Bertz CT molecular complexity index is 942. The average molecular weight is 410 g/mol. The summed E-state index contributed by atoms with van der Waals surface area (Å²) in [5.41, 5.74) is 1.49. The molecular weight excluding hydrogens is 384 g/mol. The van der Waals surface area contributed by atoms with Gasteiger partial charge in [-0.2, -0.15) is 0 Å². The first-order valence-corrected chi connectivity index (χ1v) is 9.79. The monoisotopic (exact) mass is 410 g/mol. The Morgan fingerprint density at radius 1 is 1.17 bits per heavy atom. The number of rotatable bonds is 8. The van der Waals surface area contributed by atoms with Gasteiger partial charge in [-0.1, -0.05) is 44.2 Å². The van der Waals surface area contributed by atoms with Crippen LogP contribution in [0.1, 0.15) is 30.5 Å². The molecule has 1 fully saturated rings. The van der Waals surface area contributed by atoms with Crippen LogP contribution < -0.4 is 9.47 Å². The first kappa shape index (κ1) is 21.6. The van der Waals surface area contributed by atoms with Crippen molar-refractivity contribution in [2.45, 2.75) is 26.4 Å². The summed E-state index contributed by atoms with van der Waals surface area (Å²) in [6.45, 7) is 5.75. The fourth-order valence-corrected chi connectivity index (χ4v) is 2.92. The van der Waals surface area contributed by atoms with Gasteiger partial charge in [0.05, 0.1) is 19.6 Å². The molecule has 0 radical (unpaired) electrons. The van der Waals surface area contributed by atoms with Crippen molar-refractivity contribution in [1.82, 2.24) is 0 Å². The fraction of sp³-hybridized carbons (Fsp3) is 0.333. The highest BCUT2D eigenvalue weighted by molar-refractivity contribution is 5.87. The lowest BCUT2D eigenvalue weighted by Crippen LogP contribution is -2.23. The molecule has 1 atom stereocenters. The zero-order chi connectivity index (χ0) is 21.7. The summed E-state index contributed by atoms with van der Waals surface area (Å²) in [7, 11) is 1.57. The minimum atomic E-state index is -0.857. The van der Waals surface area contributed by atoms with Gasteiger partial charge in [-0.05, 0) is 36.3 Å². The molecule has 1 unspecified atom stereocenters. The van der Waals surface area contributed by atoms with Crippen molar-refractivity contribution < 1.29 is 28.5 Å². The predicted molar refractivity (Wildman–Crippen MR) is 112 cm³/mol. The summed E-state index contributed by atoms with van der Waals surface area (Å²) in [6, 6.07) is 13.0. The maximum Gasteiger partial charge on any atom is 0.330 e. The normalized spacial score (nSPS) is 17.8. The Balaban J connectivity index is 1.77. The minimum absolute atomic E-state index is 0.00338. The van der Waals surface area contributed by atoms with E-state index in [0.29, 0.717) is 23.7 Å². The molecule has 1 heterocycles. The molecule has 0 amide bonds. The van der Waals surface area contributed by atoms with Crippen LogP contribution in [0.5, 0.6) is 11.5 Å². The summed E-state index contributed by atoms with van der Waals surface area (Å²) in [5, 5.41) is 0. The van der Waals surface area contributed by atoms with Gasteiger partial charge in [0.15, 0.2) is 5.60 Å². The lowest BCUT2D eigenvalue weighted by Gasteiger charge is -2.19. The zero-order valence-electron chi connectivity index (χ0n) is 17.6. The maximum atomic E-state index is 12.2. The number of methoxy groups -OCH3 is 1. The van der Waals surface area contributed by atoms with Gasteiger partial charge in [-0.3, -0.25) is 4.79 Å². The quantitative estimate of drug-likeness (QED) is 0.283. The van der Waals surface area contributed by atoms with Crippen molar-refractivity contribution in [2.75, 3.05) is 20.3 Å². The molecule has 1 saturated heterocycles. The topological polar surface area (TPSA) is 74.4 Å². The van der Waals surface area contributed by atoms with Crippen molar-refractivity contribution in [3.05, 3.63) is 65.2 Å². The van der Waals surface area contributed by atoms with Gasteiger partial charge in [0.1, 0.15) is 18.1 Å². The fourth-order valence-electron chi connectivity index (χ4n) is 2.92. The number of ether oxygens (including phenoxy) is 4. The standard InChI is InChI=1S/C24H26O6/c1-16(2)23(26)30-21-12-17(3)20(27-4)13-19(21)24(15-29-24)14-28-22(25)11-10-18-8-6-5-7-9-18/h5-13,16H,14-15H2,1-4H3. The third-order valence-corrected chi connectivity index (χ3v) is 4.82. The van der Waals surface area contributed by atoms with E-state index in [2.05, 4.69) is 0 Å². The van der Waals surface area contributed by atoms with Crippen LogP contribution >= 0.6 is 0 Å². The molecule has 30 heavy (non-hydrogen) atoms. The first-order valence-electron chi connectivity index (χ1n) is 9.79. The van der Waals surface area contributed by atoms with Crippen molar-refractivity contribution in [2.24, 2.45) is 5.92 Å². The Morgan fingerprint density at radius 3 is 2.47 bits per heavy atom. The highest BCUT2D eigenvalue weighted by atomic mass is 16.6. The van der Waals surface area contributed by atoms with Gasteiger partial charge in [-0.15, -0.1) is 0 Å². The first-order chi connectivity index (χ1) is 14.3. The van der Waals surface area contributed by atoms with Gasteiger partial charge < -0.3 is 18.9 Å². The van der Waals surface area contributed by atoms with Crippen molar-refractivity contribution >= 4 is 18.0 Å². The van der Waals surface area contributed by atoms with Crippen LogP contribution in [-0.2, 0) is 24.7 Å². The molecule has 6 nitrogen and oxygen atoms in total. The molecule has 0 spiro atoms. The number of epoxide rings is 1. The second kappa shape index (κ2) is 9.13. The van der Waals surface area contributed by atoms with Gasteiger partial charge in [0.25, 0.3) is 0 Å². The van der Waals surface area contributed by atoms with Crippen LogP contribution in [0.3, 0.4) is 0 Å². The smallest absolute Gasteiger partial charge is 0.330 e. The molecule has 0 bridgehead atoms. The van der Waals surface area contributed by atoms with Crippen LogP contribution in [0.4, 0.5) is 0 Å². The molecule has 0 N–H and O–H groups in total. The molecule has 1 aliphatic heterocycles. The second-order valence-corrected chi connectivity index (χ2v) is 7.53. The largest absolute Gasteiger partial charge is 0.496 e. The highest BCUT2D eigenvalue weighted by Gasteiger charge is 2.50. The zero-order valence-corrected chi connectivity index (χ0v) is 17.6. The SMILES string of the molecule is COc1cc(C2(COC(=O)C=Cc3ccccc3)CO2)c(OC(=O)C(C)C)cc1C. The van der Waals surface area contributed by atoms with Gasteiger partial charge in [0.2, 0.25) is 0 Å². The van der Waals surface area contributed by atoms with Gasteiger partial charge in [0, 0.05) is 11.6 Å². The van der Waals surface area contributed by atoms with E-state index in [1.165, 1.54) is 6.08 Å². The molecular formula is C24H26O6. The Labute approximate surface area is 176 Å². The highest BCUT2D eigenvalue weighted by Crippen LogP contribution is 2.46. The van der Waals surface area contributed by atoms with E-state index < -0.39 is 11.6 Å². The number of esters is 2. The number of carbonyl (C=O) groups excluding carboxylic acids is 2. The van der Waals surface area contributed by atoms with E-state index in [-0.39, 0.29) is 18.5 Å². The van der Waals surface area contributed by atoms with E-state index in [9.17, 15) is 9.59 Å². The molecule has 0 saturated carbocycles. The number of aryl methyl sites for hydroxylation is 1. The van der Waals surface area contributed by atoms with Crippen LogP contribution in [-0.4, -0.2) is 32.3 Å². The van der Waals surface area contributed by atoms with Crippen molar-refractivity contribution in [3.8, 4) is 11.5 Å². The van der Waals surface area contributed by atoms with E-state index in [1.807, 2.05) is 37.3 Å². The van der Waals surface area contributed by atoms with Crippen LogP contribution in [0.2, 0.25) is 0 Å². The predicted octanol–water partition coefficient (Wildman–Crippen LogP) is 4.05. The maximum absolute atomic E-state index is 12.2. The lowest BCUT2D eigenvalue weighted by atomic mass is 9.97. The number of benzene rings is 2. The molecule has 2 aromatic rings. The van der Waals surface area contributed by atoms with E-state index >= 15 is 0 Å². The van der Waals surface area contributed by atoms with Gasteiger partial charge >= 0.3 is 11.9 Å². The molecule has 6 heteroatoms. The third-order valence-electron chi connectivity index (χ3n) is 4.82. The molecule has 1 aliphatic rings. The van der Waals surface area contributed by atoms with E-state index in [1.54, 1.807) is 39.2 Å². The average Bonchev–Trinajstić information content (AvgIpc) is 3.52. The summed E-state index contributed by atoms with van der Waals surface area (Å²) in [5.74, 6) is -0.0786. The number of hydrogen-bond acceptors (Lipinski definition) is 6. The van der Waals surface area contributed by atoms with E-state index in [4.69, 9.17) is 18.9 Å². The Morgan fingerprint density at radius 2 is 1.87 bits per heavy atom. The van der Waals surface area contributed by atoms with Crippen LogP contribution in [0.25, 0.3) is 6.08 Å². The van der Waals surface area contributed by atoms with Gasteiger partial charge in [-0.25, -0.2) is 4.79 Å². The van der Waals surface area contributed by atoms with Crippen LogP contribution in [0, 0.1) is 12.8 Å². The van der Waals surface area contributed by atoms with Crippen molar-refractivity contribution in [1.29, 1.82) is 0 Å². The van der Waals surface area contributed by atoms with Crippen LogP contribution in [0.15, 0.2) is 48.5 Å². The molecule has 0 aliphatic carbocycles. The van der Waals surface area contributed by atoms with Crippen molar-refractivity contribution in [3.63, 3.8) is 0 Å². The number of carbonyl (C=O) groups is 2. The summed E-state index contributed by atoms with van der Waals surface area (Å²) >= 11 is 0. The van der Waals surface area contributed by atoms with E-state index in [0.717, 1.165) is 11.1 Å². The minimum Gasteiger partial charge on any atom is -0.496 e. The lowest BCUT2D eigenvalue weighted by molar-refractivity contribution is -0.140. The summed E-state index contributed by atoms with van der Waals surface area (Å²) in [6.07, 6.45) is 3.06. The third kappa shape index (κ3) is 5.07. The Kier molecular flexibility index (Phi) is 6.57. The molecule has 158 valence electrons. The molecule has 3 rings (SSSR count). The summed E-state index contributed by atoms with van der Waals surface area (Å²) in [4.78, 5) is 24.4.